The summed E-state index contributed by atoms with van der Waals surface area (Å²) in [5.74, 6) is 0.623. The summed E-state index contributed by atoms with van der Waals surface area (Å²) in [4.78, 5) is 3.96. The molecule has 0 N–H and O–H groups in total. The van der Waals surface area contributed by atoms with E-state index in [0.29, 0.717) is 28.5 Å². The molecule has 80 valence electrons. The van der Waals surface area contributed by atoms with Gasteiger partial charge in [-0.05, 0) is 12.3 Å². The van der Waals surface area contributed by atoms with E-state index in [1.165, 1.54) is 6.20 Å². The van der Waals surface area contributed by atoms with E-state index in [0.717, 1.165) is 0 Å². The van der Waals surface area contributed by atoms with Crippen LogP contribution in [0.1, 0.15) is 16.8 Å². The van der Waals surface area contributed by atoms with E-state index < -0.39 is 11.2 Å². The van der Waals surface area contributed by atoms with E-state index in [1.807, 2.05) is 6.92 Å². The first-order valence-corrected chi connectivity index (χ1v) is 5.36. The van der Waals surface area contributed by atoms with Crippen LogP contribution in [0.2, 0.25) is 0 Å². The molecule has 6 heteroatoms. The Morgan fingerprint density at radius 3 is 2.64 bits per heavy atom. The van der Waals surface area contributed by atoms with Crippen molar-refractivity contribution in [3.05, 3.63) is 16.1 Å². The van der Waals surface area contributed by atoms with Crippen molar-refractivity contribution in [2.75, 3.05) is 5.88 Å². The molecule has 0 saturated heterocycles. The molecule has 0 aromatic carbocycles. The maximum absolute atomic E-state index is 12.1. The van der Waals surface area contributed by atoms with Gasteiger partial charge in [-0.1, -0.05) is 6.92 Å². The van der Waals surface area contributed by atoms with Crippen LogP contribution in [0.3, 0.4) is 0 Å². The van der Waals surface area contributed by atoms with Crippen LogP contribution in [0, 0.1) is 5.92 Å². The molecule has 1 atom stereocenters. The van der Waals surface area contributed by atoms with Crippen LogP contribution in [0.15, 0.2) is 6.20 Å². The lowest BCUT2D eigenvalue weighted by atomic mass is 10.1. The molecule has 1 unspecified atom stereocenters. The molecule has 0 radical (unpaired) electrons. The molecule has 1 aromatic rings. The monoisotopic (exact) mass is 243 g/mol. The number of rotatable bonds is 3. The fourth-order valence-corrected chi connectivity index (χ4v) is 1.98. The van der Waals surface area contributed by atoms with Gasteiger partial charge in [0.1, 0.15) is 0 Å². The SMILES string of the molecule is CC(CCl)Cc1cnc(C(F)(F)F)s1. The molecular formula is C8H9ClF3NS. The molecule has 0 spiro atoms. The highest BCUT2D eigenvalue weighted by Gasteiger charge is 2.34. The Morgan fingerprint density at radius 1 is 1.57 bits per heavy atom. The van der Waals surface area contributed by atoms with Gasteiger partial charge in [0.2, 0.25) is 0 Å². The van der Waals surface area contributed by atoms with Gasteiger partial charge in [-0.3, -0.25) is 0 Å². The van der Waals surface area contributed by atoms with Gasteiger partial charge in [-0.25, -0.2) is 4.98 Å². The molecule has 0 aliphatic heterocycles. The van der Waals surface area contributed by atoms with Crippen LogP contribution in [0.25, 0.3) is 0 Å². The van der Waals surface area contributed by atoms with Gasteiger partial charge in [-0.15, -0.1) is 22.9 Å². The average molecular weight is 244 g/mol. The second-order valence-corrected chi connectivity index (χ2v) is 4.52. The summed E-state index contributed by atoms with van der Waals surface area (Å²) in [5, 5.41) is -0.783. The number of halogens is 4. The lowest BCUT2D eigenvalue weighted by molar-refractivity contribution is -0.137. The Morgan fingerprint density at radius 2 is 2.21 bits per heavy atom. The summed E-state index contributed by atoms with van der Waals surface area (Å²) in [6.45, 7) is 1.89. The summed E-state index contributed by atoms with van der Waals surface area (Å²) in [5.41, 5.74) is 0. The Labute approximate surface area is 88.9 Å². The molecule has 1 rings (SSSR count). The largest absolute Gasteiger partial charge is 0.443 e. The van der Waals surface area contributed by atoms with E-state index in [4.69, 9.17) is 11.6 Å². The molecule has 0 aliphatic rings. The highest BCUT2D eigenvalue weighted by Crippen LogP contribution is 2.33. The molecule has 0 bridgehead atoms. The zero-order chi connectivity index (χ0) is 10.8. The van der Waals surface area contributed by atoms with Crippen molar-refractivity contribution < 1.29 is 13.2 Å². The van der Waals surface area contributed by atoms with Crippen molar-refractivity contribution in [3.8, 4) is 0 Å². The number of thiazole rings is 1. The fourth-order valence-electron chi connectivity index (χ4n) is 0.931. The van der Waals surface area contributed by atoms with Gasteiger partial charge in [0.25, 0.3) is 0 Å². The minimum Gasteiger partial charge on any atom is -0.240 e. The summed E-state index contributed by atoms with van der Waals surface area (Å²) in [7, 11) is 0. The predicted molar refractivity (Wildman–Crippen MR) is 50.7 cm³/mol. The molecule has 0 fully saturated rings. The van der Waals surface area contributed by atoms with Crippen molar-refractivity contribution >= 4 is 22.9 Å². The van der Waals surface area contributed by atoms with E-state index >= 15 is 0 Å². The number of alkyl halides is 4. The second kappa shape index (κ2) is 4.49. The van der Waals surface area contributed by atoms with Crippen molar-refractivity contribution in [2.45, 2.75) is 19.5 Å². The van der Waals surface area contributed by atoms with Gasteiger partial charge < -0.3 is 0 Å². The zero-order valence-electron chi connectivity index (χ0n) is 7.44. The molecule has 1 heterocycles. The van der Waals surface area contributed by atoms with Gasteiger partial charge >= 0.3 is 6.18 Å². The van der Waals surface area contributed by atoms with E-state index in [-0.39, 0.29) is 5.92 Å². The third kappa shape index (κ3) is 3.13. The number of hydrogen-bond donors (Lipinski definition) is 0. The lowest BCUT2D eigenvalue weighted by Crippen LogP contribution is -2.03. The first-order chi connectivity index (χ1) is 6.43. The van der Waals surface area contributed by atoms with Crippen molar-refractivity contribution in [2.24, 2.45) is 5.92 Å². The van der Waals surface area contributed by atoms with Crippen LogP contribution in [0.5, 0.6) is 0 Å². The molecule has 0 amide bonds. The average Bonchev–Trinajstić information content (AvgIpc) is 2.51. The van der Waals surface area contributed by atoms with Crippen LogP contribution in [-0.4, -0.2) is 10.9 Å². The summed E-state index contributed by atoms with van der Waals surface area (Å²) < 4.78 is 36.4. The summed E-state index contributed by atoms with van der Waals surface area (Å²) in [6.07, 6.45) is -2.50. The quantitative estimate of drug-likeness (QED) is 0.740. The molecule has 14 heavy (non-hydrogen) atoms. The zero-order valence-corrected chi connectivity index (χ0v) is 9.01. The summed E-state index contributed by atoms with van der Waals surface area (Å²) >= 11 is 6.25. The Kier molecular flexibility index (Phi) is 3.78. The van der Waals surface area contributed by atoms with E-state index in [2.05, 4.69) is 4.98 Å². The van der Waals surface area contributed by atoms with Crippen LogP contribution in [-0.2, 0) is 12.6 Å². The number of nitrogens with zero attached hydrogens (tertiary/aromatic N) is 1. The lowest BCUT2D eigenvalue weighted by Gasteiger charge is -2.03. The van der Waals surface area contributed by atoms with Crippen molar-refractivity contribution in [1.82, 2.24) is 4.98 Å². The van der Waals surface area contributed by atoms with Crippen LogP contribution >= 0.6 is 22.9 Å². The first-order valence-electron chi connectivity index (χ1n) is 4.01. The van der Waals surface area contributed by atoms with Gasteiger partial charge in [0, 0.05) is 17.0 Å². The van der Waals surface area contributed by atoms with E-state index in [1.54, 1.807) is 0 Å². The van der Waals surface area contributed by atoms with Crippen LogP contribution < -0.4 is 0 Å². The molecule has 1 nitrogen and oxygen atoms in total. The third-order valence-corrected chi connectivity index (χ3v) is 3.20. The topological polar surface area (TPSA) is 12.9 Å². The summed E-state index contributed by atoms with van der Waals surface area (Å²) in [6, 6.07) is 0. The van der Waals surface area contributed by atoms with Crippen molar-refractivity contribution in [3.63, 3.8) is 0 Å². The highest BCUT2D eigenvalue weighted by molar-refractivity contribution is 7.11. The molecule has 0 aliphatic carbocycles. The number of aromatic nitrogens is 1. The minimum absolute atomic E-state index is 0.179. The Hall–Kier alpha value is -0.290. The standard InChI is InChI=1S/C8H9ClF3NS/c1-5(3-9)2-6-4-13-7(14-6)8(10,11)12/h4-5H,2-3H2,1H3. The predicted octanol–water partition coefficient (Wildman–Crippen LogP) is 3.58. The second-order valence-electron chi connectivity index (χ2n) is 3.09. The van der Waals surface area contributed by atoms with E-state index in [9.17, 15) is 13.2 Å². The van der Waals surface area contributed by atoms with Gasteiger partial charge in [0.15, 0.2) is 5.01 Å². The molecular weight excluding hydrogens is 235 g/mol. The smallest absolute Gasteiger partial charge is 0.240 e. The van der Waals surface area contributed by atoms with Gasteiger partial charge in [0.05, 0.1) is 0 Å². The van der Waals surface area contributed by atoms with Gasteiger partial charge in [-0.2, -0.15) is 13.2 Å². The van der Waals surface area contributed by atoms with Crippen LogP contribution in [0.4, 0.5) is 13.2 Å². The molecule has 0 saturated carbocycles. The highest BCUT2D eigenvalue weighted by atomic mass is 35.5. The third-order valence-electron chi connectivity index (χ3n) is 1.61. The maximum atomic E-state index is 12.1. The molecule has 1 aromatic heterocycles. The minimum atomic E-state index is -4.33. The normalized spacial score (nSPS) is 14.4. The Bertz CT molecular complexity index is 297. The number of hydrogen-bond acceptors (Lipinski definition) is 2. The fraction of sp³-hybridized carbons (Fsp3) is 0.625. The Balaban J connectivity index is 2.69. The first kappa shape index (κ1) is 11.8. The maximum Gasteiger partial charge on any atom is 0.443 e. The van der Waals surface area contributed by atoms with Crippen molar-refractivity contribution in [1.29, 1.82) is 0 Å².